The number of nitrogens with zero attached hydrogens (tertiary/aromatic N) is 2. The average molecular weight is 268 g/mol. The van der Waals surface area contributed by atoms with Gasteiger partial charge in [0.25, 0.3) is 0 Å². The molecule has 0 aliphatic carbocycles. The molecule has 0 spiro atoms. The summed E-state index contributed by atoms with van der Waals surface area (Å²) in [6, 6.07) is 16.3. The molecule has 1 heterocycles. The zero-order valence-corrected chi connectivity index (χ0v) is 10.6. The van der Waals surface area contributed by atoms with Crippen molar-refractivity contribution in [3.05, 3.63) is 65.1 Å². The van der Waals surface area contributed by atoms with Gasteiger partial charge < -0.3 is 5.11 Å². The summed E-state index contributed by atoms with van der Waals surface area (Å²) in [4.78, 5) is 23.4. The van der Waals surface area contributed by atoms with Crippen LogP contribution in [0.15, 0.2) is 59.4 Å². The van der Waals surface area contributed by atoms with Gasteiger partial charge >= 0.3 is 11.7 Å². The van der Waals surface area contributed by atoms with Crippen molar-refractivity contribution in [1.82, 2.24) is 9.13 Å². The highest BCUT2D eigenvalue weighted by Crippen LogP contribution is 2.17. The van der Waals surface area contributed by atoms with E-state index in [9.17, 15) is 9.59 Å². The van der Waals surface area contributed by atoms with Crippen LogP contribution in [0, 0.1) is 0 Å². The van der Waals surface area contributed by atoms with E-state index in [1.807, 2.05) is 42.5 Å². The lowest BCUT2D eigenvalue weighted by Gasteiger charge is -2.01. The van der Waals surface area contributed by atoms with Crippen LogP contribution in [0.2, 0.25) is 0 Å². The predicted octanol–water partition coefficient (Wildman–Crippen LogP) is 1.88. The van der Waals surface area contributed by atoms with Crippen LogP contribution in [0.25, 0.3) is 16.7 Å². The van der Waals surface area contributed by atoms with Gasteiger partial charge in [-0.2, -0.15) is 0 Å². The Bertz CT molecular complexity index is 831. The summed E-state index contributed by atoms with van der Waals surface area (Å²) in [6.45, 7) is -0.348. The predicted molar refractivity (Wildman–Crippen MR) is 75.2 cm³/mol. The lowest BCUT2D eigenvalue weighted by atomic mass is 10.3. The third kappa shape index (κ3) is 1.89. The van der Waals surface area contributed by atoms with Crippen molar-refractivity contribution in [1.29, 1.82) is 0 Å². The smallest absolute Gasteiger partial charge is 0.334 e. The van der Waals surface area contributed by atoms with Gasteiger partial charge in [-0.05, 0) is 24.3 Å². The first kappa shape index (κ1) is 12.2. The van der Waals surface area contributed by atoms with Crippen LogP contribution in [-0.4, -0.2) is 20.2 Å². The Kier molecular flexibility index (Phi) is 2.87. The van der Waals surface area contributed by atoms with Crippen molar-refractivity contribution in [2.75, 3.05) is 0 Å². The summed E-state index contributed by atoms with van der Waals surface area (Å²) in [5.41, 5.74) is 1.69. The van der Waals surface area contributed by atoms with Crippen LogP contribution >= 0.6 is 0 Å². The van der Waals surface area contributed by atoms with Gasteiger partial charge in [0.1, 0.15) is 6.54 Å². The standard InChI is InChI=1S/C15H12N2O3/c18-14(19)10-16-12-8-4-5-9-13(12)17(15(16)20)11-6-2-1-3-7-11/h1-9H,10H2,(H,18,19). The molecular formula is C15H12N2O3. The van der Waals surface area contributed by atoms with Gasteiger partial charge in [-0.25, -0.2) is 4.79 Å². The van der Waals surface area contributed by atoms with Gasteiger partial charge in [-0.3, -0.25) is 13.9 Å². The summed E-state index contributed by atoms with van der Waals surface area (Å²) in [5, 5.41) is 8.96. The normalized spacial score (nSPS) is 10.8. The summed E-state index contributed by atoms with van der Waals surface area (Å²) in [7, 11) is 0. The monoisotopic (exact) mass is 268 g/mol. The number of aromatic nitrogens is 2. The van der Waals surface area contributed by atoms with Crippen molar-refractivity contribution in [2.24, 2.45) is 0 Å². The Labute approximate surface area is 114 Å². The molecule has 1 N–H and O–H groups in total. The summed E-state index contributed by atoms with van der Waals surface area (Å²) in [5.74, 6) is -1.04. The van der Waals surface area contributed by atoms with E-state index in [-0.39, 0.29) is 12.2 Å². The maximum Gasteiger partial charge on any atom is 0.334 e. The number of fused-ring (bicyclic) bond motifs is 1. The number of carbonyl (C=O) groups is 1. The number of rotatable bonds is 3. The molecular weight excluding hydrogens is 256 g/mol. The third-order valence-electron chi connectivity index (χ3n) is 3.14. The molecule has 3 rings (SSSR count). The van der Waals surface area contributed by atoms with Crippen LogP contribution in [0.5, 0.6) is 0 Å². The van der Waals surface area contributed by atoms with E-state index in [0.29, 0.717) is 11.0 Å². The molecule has 100 valence electrons. The minimum Gasteiger partial charge on any atom is -0.480 e. The first-order valence-electron chi connectivity index (χ1n) is 6.16. The highest BCUT2D eigenvalue weighted by molar-refractivity contribution is 5.80. The van der Waals surface area contributed by atoms with Gasteiger partial charge in [-0.1, -0.05) is 30.3 Å². The van der Waals surface area contributed by atoms with Gasteiger partial charge in [0.15, 0.2) is 0 Å². The molecule has 0 saturated carbocycles. The largest absolute Gasteiger partial charge is 0.480 e. The van der Waals surface area contributed by atoms with E-state index in [0.717, 1.165) is 5.69 Å². The second-order valence-electron chi connectivity index (χ2n) is 4.42. The van der Waals surface area contributed by atoms with Gasteiger partial charge in [0.05, 0.1) is 16.7 Å². The van der Waals surface area contributed by atoms with Crippen molar-refractivity contribution < 1.29 is 9.90 Å². The minimum atomic E-state index is -1.04. The molecule has 0 amide bonds. The van der Waals surface area contributed by atoms with Crippen LogP contribution in [0.1, 0.15) is 0 Å². The number of para-hydroxylation sites is 3. The first-order valence-corrected chi connectivity index (χ1v) is 6.16. The van der Waals surface area contributed by atoms with Crippen LogP contribution in [0.4, 0.5) is 0 Å². The molecule has 0 atom stereocenters. The number of aliphatic carboxylic acids is 1. The molecule has 5 nitrogen and oxygen atoms in total. The van der Waals surface area contributed by atoms with Crippen molar-refractivity contribution >= 4 is 17.0 Å². The van der Waals surface area contributed by atoms with Crippen molar-refractivity contribution in [3.63, 3.8) is 0 Å². The zero-order valence-electron chi connectivity index (χ0n) is 10.6. The Hall–Kier alpha value is -2.82. The molecule has 0 aliphatic heterocycles. The molecule has 3 aromatic rings. The van der Waals surface area contributed by atoms with E-state index < -0.39 is 5.97 Å². The molecule has 0 radical (unpaired) electrons. The number of benzene rings is 2. The Balaban J connectivity index is 2.36. The quantitative estimate of drug-likeness (QED) is 0.788. The summed E-state index contributed by atoms with van der Waals surface area (Å²) in [6.07, 6.45) is 0. The van der Waals surface area contributed by atoms with Gasteiger partial charge in [-0.15, -0.1) is 0 Å². The molecule has 0 aliphatic rings. The van der Waals surface area contributed by atoms with E-state index in [1.165, 1.54) is 9.13 Å². The molecule has 20 heavy (non-hydrogen) atoms. The minimum absolute atomic E-state index is 0.347. The lowest BCUT2D eigenvalue weighted by Crippen LogP contribution is -2.26. The van der Waals surface area contributed by atoms with E-state index in [4.69, 9.17) is 5.11 Å². The van der Waals surface area contributed by atoms with E-state index in [1.54, 1.807) is 12.1 Å². The Morgan fingerprint density at radius 2 is 1.55 bits per heavy atom. The maximum absolute atomic E-state index is 12.5. The first-order chi connectivity index (χ1) is 9.68. The van der Waals surface area contributed by atoms with Crippen LogP contribution < -0.4 is 5.69 Å². The zero-order chi connectivity index (χ0) is 14.1. The van der Waals surface area contributed by atoms with Gasteiger partial charge in [0, 0.05) is 0 Å². The Morgan fingerprint density at radius 3 is 2.20 bits per heavy atom. The van der Waals surface area contributed by atoms with Crippen molar-refractivity contribution in [3.8, 4) is 5.69 Å². The fraction of sp³-hybridized carbons (Fsp3) is 0.0667. The van der Waals surface area contributed by atoms with E-state index in [2.05, 4.69) is 0 Å². The molecule has 1 aromatic heterocycles. The number of carboxylic acid groups (broad SMARTS) is 1. The molecule has 0 unspecified atom stereocenters. The fourth-order valence-corrected chi connectivity index (χ4v) is 2.32. The second kappa shape index (κ2) is 4.70. The lowest BCUT2D eigenvalue weighted by molar-refractivity contribution is -0.137. The third-order valence-corrected chi connectivity index (χ3v) is 3.14. The molecule has 0 saturated heterocycles. The maximum atomic E-state index is 12.5. The average Bonchev–Trinajstić information content (AvgIpc) is 2.72. The van der Waals surface area contributed by atoms with Crippen LogP contribution in [0.3, 0.4) is 0 Å². The number of hydrogen-bond donors (Lipinski definition) is 1. The summed E-state index contributed by atoms with van der Waals surface area (Å²) >= 11 is 0. The number of hydrogen-bond acceptors (Lipinski definition) is 2. The van der Waals surface area contributed by atoms with Gasteiger partial charge in [0.2, 0.25) is 0 Å². The highest BCUT2D eigenvalue weighted by Gasteiger charge is 2.15. The summed E-state index contributed by atoms with van der Waals surface area (Å²) < 4.78 is 2.79. The Morgan fingerprint density at radius 1 is 0.950 bits per heavy atom. The fourth-order valence-electron chi connectivity index (χ4n) is 2.32. The van der Waals surface area contributed by atoms with E-state index >= 15 is 0 Å². The highest BCUT2D eigenvalue weighted by atomic mass is 16.4. The molecule has 5 heteroatoms. The number of imidazole rings is 1. The SMILES string of the molecule is O=C(O)Cn1c(=O)n(-c2ccccc2)c2ccccc21. The van der Waals surface area contributed by atoms with Crippen molar-refractivity contribution in [2.45, 2.75) is 6.54 Å². The number of carboxylic acids is 1. The molecule has 2 aromatic carbocycles. The molecule has 0 bridgehead atoms. The topological polar surface area (TPSA) is 64.2 Å². The van der Waals surface area contributed by atoms with Crippen LogP contribution in [-0.2, 0) is 11.3 Å². The second-order valence-corrected chi connectivity index (χ2v) is 4.42. The molecule has 0 fully saturated rings.